The van der Waals surface area contributed by atoms with E-state index >= 15 is 0 Å². The number of pyridine rings is 2. The van der Waals surface area contributed by atoms with E-state index in [1.54, 1.807) is 6.20 Å². The van der Waals surface area contributed by atoms with Gasteiger partial charge in [-0.15, -0.1) is 0 Å². The fourth-order valence-corrected chi connectivity index (χ4v) is 4.10. The summed E-state index contributed by atoms with van der Waals surface area (Å²) < 4.78 is 48.5. The summed E-state index contributed by atoms with van der Waals surface area (Å²) in [5.74, 6) is -0.923. The smallest absolute Gasteiger partial charge is 0.280 e. The molecule has 1 aliphatic carbocycles. The van der Waals surface area contributed by atoms with Gasteiger partial charge in [-0.25, -0.2) is 9.37 Å². The summed E-state index contributed by atoms with van der Waals surface area (Å²) in [5.41, 5.74) is 1.86. The van der Waals surface area contributed by atoms with Gasteiger partial charge in [-0.05, 0) is 42.5 Å². The molecule has 0 aliphatic heterocycles. The summed E-state index contributed by atoms with van der Waals surface area (Å²) >= 11 is 0. The first-order valence-electron chi connectivity index (χ1n) is 8.53. The fraction of sp³-hybridized carbons (Fsp3) is 0.278. The second-order valence-electron chi connectivity index (χ2n) is 6.49. The summed E-state index contributed by atoms with van der Waals surface area (Å²) in [5, 5.41) is 8.66. The summed E-state index contributed by atoms with van der Waals surface area (Å²) in [6.45, 7) is 0. The van der Waals surface area contributed by atoms with Crippen molar-refractivity contribution >= 4 is 21.5 Å². The van der Waals surface area contributed by atoms with E-state index in [-0.39, 0.29) is 22.9 Å². The quantitative estimate of drug-likeness (QED) is 0.680. The minimum absolute atomic E-state index is 0.0205. The van der Waals surface area contributed by atoms with E-state index in [1.807, 2.05) is 18.2 Å². The van der Waals surface area contributed by atoms with Crippen LogP contribution in [0, 0.1) is 17.1 Å². The Labute approximate surface area is 160 Å². The van der Waals surface area contributed by atoms with Crippen LogP contribution < -0.4 is 9.46 Å². The number of halogens is 1. The molecule has 144 valence electrons. The Morgan fingerprint density at radius 1 is 1.43 bits per heavy atom. The Hall–Kier alpha value is -3.19. The van der Waals surface area contributed by atoms with Crippen molar-refractivity contribution in [2.45, 2.75) is 30.2 Å². The molecule has 3 aromatic heterocycles. The van der Waals surface area contributed by atoms with Gasteiger partial charge in [0.1, 0.15) is 5.65 Å². The fourth-order valence-electron chi connectivity index (χ4n) is 2.99. The van der Waals surface area contributed by atoms with Gasteiger partial charge >= 0.3 is 0 Å². The molecule has 4 rings (SSSR count). The highest BCUT2D eigenvalue weighted by molar-refractivity contribution is 7.92. The van der Waals surface area contributed by atoms with Crippen LogP contribution in [0.1, 0.15) is 29.9 Å². The van der Waals surface area contributed by atoms with E-state index in [2.05, 4.69) is 14.7 Å². The van der Waals surface area contributed by atoms with Gasteiger partial charge in [0.15, 0.2) is 16.7 Å². The van der Waals surface area contributed by atoms with Gasteiger partial charge in [-0.1, -0.05) is 0 Å². The number of aromatic nitrogens is 3. The molecule has 3 aromatic rings. The first-order chi connectivity index (χ1) is 13.4. The van der Waals surface area contributed by atoms with E-state index in [9.17, 15) is 12.8 Å². The van der Waals surface area contributed by atoms with E-state index in [4.69, 9.17) is 10.00 Å². The normalized spacial score (nSPS) is 14.0. The highest BCUT2D eigenvalue weighted by Gasteiger charge is 2.26. The maximum absolute atomic E-state index is 14.3. The Kier molecular flexibility index (Phi) is 4.39. The van der Waals surface area contributed by atoms with Crippen LogP contribution in [0.15, 0.2) is 35.6 Å². The van der Waals surface area contributed by atoms with Crippen LogP contribution in [0.25, 0.3) is 5.65 Å². The lowest BCUT2D eigenvalue weighted by Gasteiger charge is -2.11. The molecule has 0 unspecified atom stereocenters. The highest BCUT2D eigenvalue weighted by Crippen LogP contribution is 2.40. The maximum atomic E-state index is 14.3. The number of hydrogen-bond donors (Lipinski definition) is 1. The third-order valence-electron chi connectivity index (χ3n) is 4.54. The zero-order valence-corrected chi connectivity index (χ0v) is 15.7. The summed E-state index contributed by atoms with van der Waals surface area (Å²) in [7, 11) is -2.85. The van der Waals surface area contributed by atoms with Crippen LogP contribution >= 0.6 is 0 Å². The minimum Gasteiger partial charge on any atom is -0.481 e. The average molecular weight is 401 g/mol. The second kappa shape index (κ2) is 6.76. The molecule has 8 nitrogen and oxygen atoms in total. The topological polar surface area (TPSA) is 109 Å². The van der Waals surface area contributed by atoms with Crippen molar-refractivity contribution in [2.75, 3.05) is 11.8 Å². The third kappa shape index (κ3) is 3.25. The number of methoxy groups -OCH3 is 1. The number of nitriles is 1. The number of nitrogens with zero attached hydrogens (tertiary/aromatic N) is 4. The standard InChI is InChI=1S/C18H16FN5O3S/c1-27-18-13(4-6-20)8-14(19)17(22-18)23-28(25,26)16-10-21-15-9-12(11-2-3-11)5-7-24(15)16/h5,7-11H,2-4H2,1H3,(H,22,23). The van der Waals surface area contributed by atoms with Gasteiger partial charge in [0.2, 0.25) is 5.88 Å². The number of sulfonamides is 1. The van der Waals surface area contributed by atoms with Crippen LogP contribution in [0.5, 0.6) is 5.88 Å². The van der Waals surface area contributed by atoms with Crippen molar-refractivity contribution < 1.29 is 17.5 Å². The van der Waals surface area contributed by atoms with Crippen molar-refractivity contribution in [3.05, 3.63) is 47.5 Å². The van der Waals surface area contributed by atoms with E-state index in [0.29, 0.717) is 11.6 Å². The summed E-state index contributed by atoms with van der Waals surface area (Å²) in [4.78, 5) is 8.02. The largest absolute Gasteiger partial charge is 0.481 e. The molecule has 0 aromatic carbocycles. The lowest BCUT2D eigenvalue weighted by atomic mass is 10.2. The molecular weight excluding hydrogens is 385 g/mol. The van der Waals surface area contributed by atoms with Crippen molar-refractivity contribution in [3.63, 3.8) is 0 Å². The monoisotopic (exact) mass is 401 g/mol. The molecule has 1 saturated carbocycles. The van der Waals surface area contributed by atoms with Gasteiger partial charge in [0, 0.05) is 11.8 Å². The van der Waals surface area contributed by atoms with Crippen LogP contribution in [0.3, 0.4) is 0 Å². The molecule has 0 amide bonds. The van der Waals surface area contributed by atoms with Gasteiger partial charge in [0.05, 0.1) is 25.8 Å². The van der Waals surface area contributed by atoms with Crippen LogP contribution in [0.2, 0.25) is 0 Å². The predicted octanol–water partition coefficient (Wildman–Crippen LogP) is 2.62. The molecular formula is C18H16FN5O3S. The van der Waals surface area contributed by atoms with Crippen LogP contribution in [-0.2, 0) is 16.4 Å². The predicted molar refractivity (Wildman–Crippen MR) is 98.0 cm³/mol. The van der Waals surface area contributed by atoms with E-state index < -0.39 is 21.7 Å². The zero-order chi connectivity index (χ0) is 19.9. The van der Waals surface area contributed by atoms with Gasteiger partial charge < -0.3 is 4.74 Å². The number of nitrogens with one attached hydrogen (secondary N) is 1. The van der Waals surface area contributed by atoms with Crippen molar-refractivity contribution in [1.82, 2.24) is 14.4 Å². The van der Waals surface area contributed by atoms with Gasteiger partial charge in [-0.2, -0.15) is 18.7 Å². The van der Waals surface area contributed by atoms with E-state index in [1.165, 1.54) is 17.7 Å². The molecule has 0 atom stereocenters. The Morgan fingerprint density at radius 2 is 2.21 bits per heavy atom. The molecule has 1 N–H and O–H groups in total. The molecule has 1 aliphatic rings. The minimum atomic E-state index is -4.16. The lowest BCUT2D eigenvalue weighted by Crippen LogP contribution is -2.17. The maximum Gasteiger partial charge on any atom is 0.280 e. The summed E-state index contributed by atoms with van der Waals surface area (Å²) in [6, 6.07) is 6.63. The number of hydrogen-bond acceptors (Lipinski definition) is 6. The van der Waals surface area contributed by atoms with Crippen LogP contribution in [-0.4, -0.2) is 29.9 Å². The average Bonchev–Trinajstić information content (AvgIpc) is 3.42. The van der Waals surface area contributed by atoms with Crippen LogP contribution in [0.4, 0.5) is 10.2 Å². The number of fused-ring (bicyclic) bond motifs is 1. The van der Waals surface area contributed by atoms with Gasteiger partial charge in [0.25, 0.3) is 10.0 Å². The third-order valence-corrected chi connectivity index (χ3v) is 5.85. The van der Waals surface area contributed by atoms with Crippen molar-refractivity contribution in [2.24, 2.45) is 0 Å². The number of anilines is 1. The molecule has 10 heteroatoms. The summed E-state index contributed by atoms with van der Waals surface area (Å²) in [6.07, 6.45) is 4.99. The molecule has 0 spiro atoms. The first kappa shape index (κ1) is 18.2. The molecule has 1 fully saturated rings. The van der Waals surface area contributed by atoms with Gasteiger partial charge in [-0.3, -0.25) is 9.12 Å². The molecule has 28 heavy (non-hydrogen) atoms. The number of ether oxygens (including phenoxy) is 1. The highest BCUT2D eigenvalue weighted by atomic mass is 32.2. The zero-order valence-electron chi connectivity index (χ0n) is 14.9. The number of imidazole rings is 1. The number of rotatable bonds is 6. The molecule has 0 saturated heterocycles. The first-order valence-corrected chi connectivity index (χ1v) is 10.0. The molecule has 0 bridgehead atoms. The molecule has 0 radical (unpaired) electrons. The Bertz CT molecular complexity index is 1210. The Balaban J connectivity index is 1.70. The van der Waals surface area contributed by atoms with E-state index in [0.717, 1.165) is 24.5 Å². The lowest BCUT2D eigenvalue weighted by molar-refractivity contribution is 0.392. The SMILES string of the molecule is COc1nc(NS(=O)(=O)c2cnc3cc(C4CC4)ccn23)c(F)cc1CC#N. The van der Waals surface area contributed by atoms with Crippen molar-refractivity contribution in [1.29, 1.82) is 5.26 Å². The second-order valence-corrected chi connectivity index (χ2v) is 8.12. The Morgan fingerprint density at radius 3 is 2.89 bits per heavy atom. The molecule has 3 heterocycles. The van der Waals surface area contributed by atoms with Crippen molar-refractivity contribution in [3.8, 4) is 11.9 Å².